The number of ether oxygens (including phenoxy) is 2. The number of halogens is 3. The largest absolute Gasteiger partial charge is 0.573 e. The van der Waals surface area contributed by atoms with Crippen molar-refractivity contribution < 1.29 is 22.6 Å². The minimum atomic E-state index is -4.72. The van der Waals surface area contributed by atoms with Gasteiger partial charge in [0.15, 0.2) is 0 Å². The summed E-state index contributed by atoms with van der Waals surface area (Å²) in [4.78, 5) is 4.52. The molecule has 0 aliphatic rings. The minimum Gasteiger partial charge on any atom is -0.489 e. The molecule has 0 aliphatic carbocycles. The van der Waals surface area contributed by atoms with Crippen LogP contribution in [-0.4, -0.2) is 17.6 Å². The van der Waals surface area contributed by atoms with Crippen molar-refractivity contribution in [3.05, 3.63) is 95.4 Å². The monoisotopic (exact) mass is 469 g/mol. The normalized spacial score (nSPS) is 11.5. The van der Waals surface area contributed by atoms with Crippen LogP contribution < -0.4 is 14.9 Å². The molecule has 0 atom stereocenters. The zero-order valence-corrected chi connectivity index (χ0v) is 17.9. The third kappa shape index (κ3) is 6.81. The van der Waals surface area contributed by atoms with Crippen LogP contribution in [-0.2, 0) is 6.61 Å². The highest BCUT2D eigenvalue weighted by molar-refractivity contribution is 7.14. The number of benzene rings is 3. The second-order valence-corrected chi connectivity index (χ2v) is 7.68. The number of hydrazone groups is 1. The third-order valence-electron chi connectivity index (χ3n) is 4.36. The van der Waals surface area contributed by atoms with Crippen LogP contribution in [0.5, 0.6) is 11.5 Å². The fourth-order valence-corrected chi connectivity index (χ4v) is 3.56. The lowest BCUT2D eigenvalue weighted by molar-refractivity contribution is -0.274. The fraction of sp³-hybridized carbons (Fsp3) is 0.0833. The fourth-order valence-electron chi connectivity index (χ4n) is 2.90. The van der Waals surface area contributed by atoms with E-state index >= 15 is 0 Å². The maximum atomic E-state index is 12.2. The summed E-state index contributed by atoms with van der Waals surface area (Å²) in [7, 11) is 0. The number of hydrogen-bond acceptors (Lipinski definition) is 6. The summed E-state index contributed by atoms with van der Waals surface area (Å²) >= 11 is 1.47. The van der Waals surface area contributed by atoms with Gasteiger partial charge in [-0.3, -0.25) is 5.43 Å². The Morgan fingerprint density at radius 2 is 1.70 bits per heavy atom. The zero-order chi connectivity index (χ0) is 23.1. The third-order valence-corrected chi connectivity index (χ3v) is 5.11. The molecule has 3 aromatic carbocycles. The van der Waals surface area contributed by atoms with Gasteiger partial charge in [-0.15, -0.1) is 24.5 Å². The van der Waals surface area contributed by atoms with Crippen LogP contribution in [0.25, 0.3) is 11.3 Å². The number of hydrogen-bond donors (Lipinski definition) is 1. The van der Waals surface area contributed by atoms with Crippen molar-refractivity contribution >= 4 is 22.7 Å². The smallest absolute Gasteiger partial charge is 0.489 e. The van der Waals surface area contributed by atoms with Crippen molar-refractivity contribution in [3.63, 3.8) is 0 Å². The molecule has 0 saturated heterocycles. The van der Waals surface area contributed by atoms with E-state index in [9.17, 15) is 13.2 Å². The van der Waals surface area contributed by atoms with Gasteiger partial charge >= 0.3 is 6.36 Å². The van der Waals surface area contributed by atoms with E-state index in [1.807, 2.05) is 60.0 Å². The van der Waals surface area contributed by atoms with E-state index in [2.05, 4.69) is 20.2 Å². The summed E-state index contributed by atoms with van der Waals surface area (Å²) in [6, 6.07) is 22.7. The Balaban J connectivity index is 1.31. The second-order valence-electron chi connectivity index (χ2n) is 6.83. The predicted octanol–water partition coefficient (Wildman–Crippen LogP) is 6.73. The Hall–Kier alpha value is -3.85. The van der Waals surface area contributed by atoms with Gasteiger partial charge in [-0.2, -0.15) is 5.10 Å². The molecular formula is C24H18F3N3O2S. The molecule has 4 rings (SSSR count). The van der Waals surface area contributed by atoms with Crippen LogP contribution in [0.4, 0.5) is 18.3 Å². The highest BCUT2D eigenvalue weighted by Gasteiger charge is 2.30. The van der Waals surface area contributed by atoms with Crippen LogP contribution in [0, 0.1) is 0 Å². The maximum Gasteiger partial charge on any atom is 0.573 e. The lowest BCUT2D eigenvalue weighted by Crippen LogP contribution is -2.16. The van der Waals surface area contributed by atoms with Gasteiger partial charge in [0.1, 0.15) is 18.1 Å². The Bertz CT molecular complexity index is 1210. The molecule has 1 aromatic heterocycles. The summed E-state index contributed by atoms with van der Waals surface area (Å²) in [5.41, 5.74) is 6.61. The lowest BCUT2D eigenvalue weighted by Gasteiger charge is -2.10. The molecule has 0 radical (unpaired) electrons. The van der Waals surface area contributed by atoms with Crippen LogP contribution in [0.2, 0.25) is 0 Å². The molecule has 1 heterocycles. The standard InChI is InChI=1S/C24H18F3N3O2S/c25-24(26,27)32-21-11-9-20(10-12-21)31-15-18-6-4-5-17(13-18)14-28-30-23-29-22(16-33-23)19-7-2-1-3-8-19/h1-14,16H,15H2,(H,29,30). The Labute approximate surface area is 192 Å². The lowest BCUT2D eigenvalue weighted by atomic mass is 10.1. The van der Waals surface area contributed by atoms with Crippen LogP contribution in [0.15, 0.2) is 89.3 Å². The second kappa shape index (κ2) is 10.2. The predicted molar refractivity (Wildman–Crippen MR) is 123 cm³/mol. The minimum absolute atomic E-state index is 0.251. The molecule has 1 N–H and O–H groups in total. The van der Waals surface area contributed by atoms with E-state index in [0.29, 0.717) is 10.9 Å². The van der Waals surface area contributed by atoms with Gasteiger partial charge in [0, 0.05) is 10.9 Å². The quantitative estimate of drug-likeness (QED) is 0.230. The van der Waals surface area contributed by atoms with Crippen molar-refractivity contribution in [1.29, 1.82) is 0 Å². The molecule has 0 spiro atoms. The summed E-state index contributed by atoms with van der Waals surface area (Å²) in [6.45, 7) is 0.251. The number of nitrogens with zero attached hydrogens (tertiary/aromatic N) is 2. The van der Waals surface area contributed by atoms with Crippen molar-refractivity contribution in [3.8, 4) is 22.8 Å². The number of alkyl halides is 3. The molecular weight excluding hydrogens is 451 g/mol. The van der Waals surface area contributed by atoms with E-state index < -0.39 is 6.36 Å². The van der Waals surface area contributed by atoms with Gasteiger partial charge in [0.2, 0.25) is 5.13 Å². The number of anilines is 1. The van der Waals surface area contributed by atoms with Crippen LogP contribution in [0.1, 0.15) is 11.1 Å². The van der Waals surface area contributed by atoms with Gasteiger partial charge in [0.25, 0.3) is 0 Å². The number of rotatable bonds is 8. The summed E-state index contributed by atoms with van der Waals surface area (Å²) in [5, 5.41) is 6.89. The Kier molecular flexibility index (Phi) is 6.89. The average molecular weight is 469 g/mol. The Morgan fingerprint density at radius 1 is 0.939 bits per heavy atom. The highest BCUT2D eigenvalue weighted by Crippen LogP contribution is 2.26. The first-order chi connectivity index (χ1) is 15.9. The van der Waals surface area contributed by atoms with Gasteiger partial charge in [0.05, 0.1) is 11.9 Å². The maximum absolute atomic E-state index is 12.2. The van der Waals surface area contributed by atoms with Crippen LogP contribution >= 0.6 is 11.3 Å². The molecule has 0 saturated carbocycles. The van der Waals surface area contributed by atoms with Crippen LogP contribution in [0.3, 0.4) is 0 Å². The molecule has 0 unspecified atom stereocenters. The van der Waals surface area contributed by atoms with Gasteiger partial charge < -0.3 is 9.47 Å². The molecule has 9 heteroatoms. The highest BCUT2D eigenvalue weighted by atomic mass is 32.1. The molecule has 33 heavy (non-hydrogen) atoms. The SMILES string of the molecule is FC(F)(F)Oc1ccc(OCc2cccc(C=NNc3nc(-c4ccccc4)cs3)c2)cc1. The molecule has 4 aromatic rings. The zero-order valence-electron chi connectivity index (χ0n) is 17.1. The number of aromatic nitrogens is 1. The molecule has 0 aliphatic heterocycles. The Morgan fingerprint density at radius 3 is 2.45 bits per heavy atom. The first-order valence-electron chi connectivity index (χ1n) is 9.82. The van der Waals surface area contributed by atoms with Crippen molar-refractivity contribution in [2.75, 3.05) is 5.43 Å². The number of thiazole rings is 1. The van der Waals surface area contributed by atoms with E-state index in [-0.39, 0.29) is 12.4 Å². The summed E-state index contributed by atoms with van der Waals surface area (Å²) in [6.07, 6.45) is -3.04. The van der Waals surface area contributed by atoms with E-state index in [1.54, 1.807) is 6.21 Å². The molecule has 0 bridgehead atoms. The first-order valence-corrected chi connectivity index (χ1v) is 10.7. The summed E-state index contributed by atoms with van der Waals surface area (Å²) < 4.78 is 46.2. The van der Waals surface area contributed by atoms with E-state index in [1.165, 1.54) is 35.6 Å². The average Bonchev–Trinajstić information content (AvgIpc) is 3.28. The van der Waals surface area contributed by atoms with E-state index in [0.717, 1.165) is 22.4 Å². The molecule has 0 amide bonds. The topological polar surface area (TPSA) is 55.7 Å². The van der Waals surface area contributed by atoms with Gasteiger partial charge in [-0.05, 0) is 41.5 Å². The van der Waals surface area contributed by atoms with Crippen molar-refractivity contribution in [2.24, 2.45) is 5.10 Å². The molecule has 168 valence electrons. The molecule has 0 fully saturated rings. The van der Waals surface area contributed by atoms with E-state index in [4.69, 9.17) is 4.74 Å². The molecule has 5 nitrogen and oxygen atoms in total. The number of nitrogens with one attached hydrogen (secondary N) is 1. The van der Waals surface area contributed by atoms with Crippen molar-refractivity contribution in [2.45, 2.75) is 13.0 Å². The first kappa shape index (κ1) is 22.3. The van der Waals surface area contributed by atoms with Gasteiger partial charge in [-0.25, -0.2) is 4.98 Å². The van der Waals surface area contributed by atoms with Gasteiger partial charge in [-0.1, -0.05) is 48.5 Å². The van der Waals surface area contributed by atoms with Crippen molar-refractivity contribution in [1.82, 2.24) is 4.98 Å². The summed E-state index contributed by atoms with van der Waals surface area (Å²) in [5.74, 6) is 0.139.